The molecule has 10 heteroatoms. The van der Waals surface area contributed by atoms with Gasteiger partial charge in [0, 0.05) is 20.6 Å². The monoisotopic (exact) mass is 593 g/mol. The highest BCUT2D eigenvalue weighted by Gasteiger charge is 2.23. The minimum absolute atomic E-state index is 0.0132. The lowest BCUT2D eigenvalue weighted by atomic mass is 10.0. The molecule has 4 rings (SSSR count). The normalized spacial score (nSPS) is 11.6. The Morgan fingerprint density at radius 2 is 1.71 bits per heavy atom. The number of aromatic nitrogens is 2. The van der Waals surface area contributed by atoms with Crippen molar-refractivity contribution in [2.75, 3.05) is 7.11 Å². The third-order valence-electron chi connectivity index (χ3n) is 5.48. The molecule has 0 amide bonds. The summed E-state index contributed by atoms with van der Waals surface area (Å²) in [5, 5.41) is 5.74. The molecule has 3 aromatic carbocycles. The second kappa shape index (κ2) is 10.7. The Hall–Kier alpha value is -2.36. The zero-order chi connectivity index (χ0) is 25.2. The van der Waals surface area contributed by atoms with Crippen molar-refractivity contribution in [3.8, 4) is 22.7 Å². The van der Waals surface area contributed by atoms with Gasteiger partial charge in [0.2, 0.25) is 10.0 Å². The molecule has 4 aromatic rings. The van der Waals surface area contributed by atoms with Crippen LogP contribution in [0.4, 0.5) is 0 Å². The second-order valence-corrected chi connectivity index (χ2v) is 11.2. The van der Waals surface area contributed by atoms with E-state index >= 15 is 0 Å². The van der Waals surface area contributed by atoms with Gasteiger partial charge in [0.25, 0.3) is 0 Å². The number of rotatable bonds is 8. The summed E-state index contributed by atoms with van der Waals surface area (Å²) in [7, 11) is -2.24. The number of nitrogens with one attached hydrogen (secondary N) is 1. The Balaban J connectivity index is 1.77. The third-order valence-corrected chi connectivity index (χ3v) is 7.96. The summed E-state index contributed by atoms with van der Waals surface area (Å²) < 4.78 is 36.4. The van der Waals surface area contributed by atoms with Gasteiger partial charge < -0.3 is 4.74 Å². The maximum atomic E-state index is 12.9. The Labute approximate surface area is 223 Å². The quantitative estimate of drug-likeness (QED) is 0.248. The molecule has 1 aromatic heterocycles. The molecule has 0 aliphatic heterocycles. The van der Waals surface area contributed by atoms with E-state index in [2.05, 4.69) is 20.7 Å². The summed E-state index contributed by atoms with van der Waals surface area (Å²) in [6, 6.07) is 19.3. The lowest BCUT2D eigenvalue weighted by Gasteiger charge is -2.11. The van der Waals surface area contributed by atoms with Crippen molar-refractivity contribution in [3.05, 3.63) is 92.5 Å². The molecular formula is C25H22BrCl2N3O3S. The first kappa shape index (κ1) is 25.7. The fourth-order valence-corrected chi connectivity index (χ4v) is 5.48. The number of sulfonamides is 1. The lowest BCUT2D eigenvalue weighted by molar-refractivity contribution is 0.414. The predicted molar refractivity (Wildman–Crippen MR) is 143 cm³/mol. The molecule has 0 spiro atoms. The number of methoxy groups -OCH3 is 1. The van der Waals surface area contributed by atoms with Crippen LogP contribution in [0.15, 0.2) is 76.1 Å². The average Bonchev–Trinajstić information content (AvgIpc) is 3.21. The Morgan fingerprint density at radius 3 is 2.31 bits per heavy atom. The van der Waals surface area contributed by atoms with Gasteiger partial charge in [-0.1, -0.05) is 58.2 Å². The van der Waals surface area contributed by atoms with Gasteiger partial charge in [-0.2, -0.15) is 5.10 Å². The van der Waals surface area contributed by atoms with Crippen LogP contribution in [0.1, 0.15) is 18.2 Å². The van der Waals surface area contributed by atoms with Crippen molar-refractivity contribution in [2.45, 2.75) is 24.8 Å². The van der Waals surface area contributed by atoms with Crippen molar-refractivity contribution >= 4 is 49.2 Å². The third kappa shape index (κ3) is 5.57. The van der Waals surface area contributed by atoms with Crippen LogP contribution in [-0.2, 0) is 23.0 Å². The molecule has 0 radical (unpaired) electrons. The van der Waals surface area contributed by atoms with Gasteiger partial charge in [-0.15, -0.1) is 0 Å². The first-order valence-corrected chi connectivity index (χ1v) is 13.7. The second-order valence-electron chi connectivity index (χ2n) is 7.64. The summed E-state index contributed by atoms with van der Waals surface area (Å²) in [4.78, 5) is 0.143. The van der Waals surface area contributed by atoms with Crippen LogP contribution < -0.4 is 9.46 Å². The van der Waals surface area contributed by atoms with E-state index in [0.29, 0.717) is 33.6 Å². The van der Waals surface area contributed by atoms with Gasteiger partial charge in [0.1, 0.15) is 5.75 Å². The molecule has 0 aliphatic carbocycles. The van der Waals surface area contributed by atoms with Crippen LogP contribution in [0.3, 0.4) is 0 Å². The molecule has 0 bridgehead atoms. The molecule has 1 heterocycles. The van der Waals surface area contributed by atoms with Gasteiger partial charge in [-0.3, -0.25) is 0 Å². The number of halogens is 3. The number of nitrogens with zero attached hydrogens (tertiary/aromatic N) is 2. The zero-order valence-corrected chi connectivity index (χ0v) is 22.8. The van der Waals surface area contributed by atoms with Gasteiger partial charge >= 0.3 is 0 Å². The molecule has 0 saturated heterocycles. The van der Waals surface area contributed by atoms with Gasteiger partial charge in [0.05, 0.1) is 40.6 Å². The molecule has 182 valence electrons. The standard InChI is InChI=1S/C25H22BrCl2N3O3S/c1-3-21-23(15-29-35(32,33)20-11-9-19(34-2)10-12-20)30-31(24-13-8-18(27)14-22(24)28)25(21)16-4-6-17(26)7-5-16/h4-14,29H,3,15H2,1-2H3. The highest BCUT2D eigenvalue weighted by Crippen LogP contribution is 2.34. The minimum Gasteiger partial charge on any atom is -0.497 e. The van der Waals surface area contributed by atoms with Crippen LogP contribution in [0.2, 0.25) is 10.0 Å². The molecule has 35 heavy (non-hydrogen) atoms. The molecule has 0 fully saturated rings. The number of hydrogen-bond donors (Lipinski definition) is 1. The highest BCUT2D eigenvalue weighted by atomic mass is 79.9. The molecule has 0 aliphatic rings. The SMILES string of the molecule is CCc1c(CNS(=O)(=O)c2ccc(OC)cc2)nn(-c2ccc(Cl)cc2Cl)c1-c1ccc(Br)cc1. The summed E-state index contributed by atoms with van der Waals surface area (Å²) in [5.41, 5.74) is 3.92. The number of benzene rings is 3. The van der Waals surface area contributed by atoms with Crippen LogP contribution in [0.5, 0.6) is 5.75 Å². The minimum atomic E-state index is -3.77. The van der Waals surface area contributed by atoms with Crippen LogP contribution in [0.25, 0.3) is 16.9 Å². The highest BCUT2D eigenvalue weighted by molar-refractivity contribution is 9.10. The Morgan fingerprint density at radius 1 is 1.03 bits per heavy atom. The summed E-state index contributed by atoms with van der Waals surface area (Å²) in [6.45, 7) is 2.02. The van der Waals surface area contributed by atoms with E-state index in [1.54, 1.807) is 35.0 Å². The van der Waals surface area contributed by atoms with E-state index in [0.717, 1.165) is 21.3 Å². The van der Waals surface area contributed by atoms with Gasteiger partial charge in [-0.05, 0) is 61.0 Å². The summed E-state index contributed by atoms with van der Waals surface area (Å²) in [6.07, 6.45) is 0.635. The maximum Gasteiger partial charge on any atom is 0.240 e. The Kier molecular flexibility index (Phi) is 7.88. The van der Waals surface area contributed by atoms with E-state index in [-0.39, 0.29) is 11.4 Å². The van der Waals surface area contributed by atoms with E-state index in [1.807, 2.05) is 31.2 Å². The number of hydrogen-bond acceptors (Lipinski definition) is 4. The van der Waals surface area contributed by atoms with Crippen molar-refractivity contribution in [3.63, 3.8) is 0 Å². The van der Waals surface area contributed by atoms with Crippen LogP contribution in [-0.4, -0.2) is 25.3 Å². The van der Waals surface area contributed by atoms with Gasteiger partial charge in [0.15, 0.2) is 0 Å². The molecule has 0 unspecified atom stereocenters. The van der Waals surface area contributed by atoms with Crippen LogP contribution >= 0.6 is 39.1 Å². The smallest absolute Gasteiger partial charge is 0.240 e. The lowest BCUT2D eigenvalue weighted by Crippen LogP contribution is -2.24. The first-order valence-electron chi connectivity index (χ1n) is 10.7. The van der Waals surface area contributed by atoms with E-state index in [9.17, 15) is 8.42 Å². The van der Waals surface area contributed by atoms with Crippen molar-refractivity contribution in [1.82, 2.24) is 14.5 Å². The molecule has 1 N–H and O–H groups in total. The fraction of sp³-hybridized carbons (Fsp3) is 0.160. The summed E-state index contributed by atoms with van der Waals surface area (Å²) in [5.74, 6) is 0.579. The molecule has 6 nitrogen and oxygen atoms in total. The van der Waals surface area contributed by atoms with E-state index < -0.39 is 10.0 Å². The van der Waals surface area contributed by atoms with Crippen molar-refractivity contribution in [2.24, 2.45) is 0 Å². The van der Waals surface area contributed by atoms with E-state index in [1.165, 1.54) is 19.2 Å². The van der Waals surface area contributed by atoms with Crippen LogP contribution in [0, 0.1) is 0 Å². The van der Waals surface area contributed by atoms with Gasteiger partial charge in [-0.25, -0.2) is 17.8 Å². The first-order chi connectivity index (χ1) is 16.7. The zero-order valence-electron chi connectivity index (χ0n) is 18.9. The van der Waals surface area contributed by atoms with Crippen molar-refractivity contribution < 1.29 is 13.2 Å². The van der Waals surface area contributed by atoms with Crippen molar-refractivity contribution in [1.29, 1.82) is 0 Å². The number of ether oxygens (including phenoxy) is 1. The van der Waals surface area contributed by atoms with E-state index in [4.69, 9.17) is 33.0 Å². The molecule has 0 atom stereocenters. The average molecular weight is 595 g/mol. The molecule has 0 saturated carbocycles. The Bertz CT molecular complexity index is 1450. The fourth-order valence-electron chi connectivity index (χ4n) is 3.74. The largest absolute Gasteiger partial charge is 0.497 e. The molecular weight excluding hydrogens is 573 g/mol. The maximum absolute atomic E-state index is 12.9. The predicted octanol–water partition coefficient (Wildman–Crippen LogP) is 6.66. The summed E-state index contributed by atoms with van der Waals surface area (Å²) >= 11 is 16.1. The topological polar surface area (TPSA) is 73.2 Å².